The van der Waals surface area contributed by atoms with Gasteiger partial charge in [0.1, 0.15) is 17.8 Å². The van der Waals surface area contributed by atoms with Crippen LogP contribution in [0.15, 0.2) is 36.4 Å². The second-order valence-electron chi connectivity index (χ2n) is 5.01. The summed E-state index contributed by atoms with van der Waals surface area (Å²) in [6.07, 6.45) is 2.43. The summed E-state index contributed by atoms with van der Waals surface area (Å²) in [5.74, 6) is 1.66. The Morgan fingerprint density at radius 2 is 1.60 bits per heavy atom. The van der Waals surface area contributed by atoms with Crippen LogP contribution in [-0.4, -0.2) is 6.29 Å². The van der Waals surface area contributed by atoms with Crippen LogP contribution < -0.4 is 4.74 Å². The number of carbonyl (C=O) groups is 1. The van der Waals surface area contributed by atoms with Gasteiger partial charge in [-0.1, -0.05) is 19.1 Å². The highest BCUT2D eigenvalue weighted by Crippen LogP contribution is 2.26. The molecular formula is C18H20O2. The highest BCUT2D eigenvalue weighted by atomic mass is 16.5. The zero-order valence-corrected chi connectivity index (χ0v) is 12.3. The van der Waals surface area contributed by atoms with E-state index in [0.29, 0.717) is 6.42 Å². The zero-order valence-electron chi connectivity index (χ0n) is 12.3. The molecule has 2 heteroatoms. The van der Waals surface area contributed by atoms with Crippen molar-refractivity contribution in [3.63, 3.8) is 0 Å². The van der Waals surface area contributed by atoms with Gasteiger partial charge in [-0.25, -0.2) is 0 Å². The minimum Gasteiger partial charge on any atom is -0.457 e. The van der Waals surface area contributed by atoms with Gasteiger partial charge in [0.2, 0.25) is 0 Å². The Morgan fingerprint density at radius 3 is 2.10 bits per heavy atom. The molecule has 2 aromatic carbocycles. The quantitative estimate of drug-likeness (QED) is 0.751. The molecule has 2 rings (SSSR count). The van der Waals surface area contributed by atoms with Crippen molar-refractivity contribution in [1.29, 1.82) is 0 Å². The third-order valence-corrected chi connectivity index (χ3v) is 3.52. The second-order valence-corrected chi connectivity index (χ2v) is 5.01. The number of hydrogen-bond donors (Lipinski definition) is 0. The van der Waals surface area contributed by atoms with Gasteiger partial charge in [-0.05, 0) is 66.8 Å². The van der Waals surface area contributed by atoms with Crippen molar-refractivity contribution in [3.8, 4) is 11.5 Å². The fraction of sp³-hybridized carbons (Fsp3) is 0.278. The highest BCUT2D eigenvalue weighted by Gasteiger charge is 2.06. The largest absolute Gasteiger partial charge is 0.457 e. The van der Waals surface area contributed by atoms with Crippen LogP contribution >= 0.6 is 0 Å². The average Bonchev–Trinajstić information content (AvgIpc) is 2.44. The lowest BCUT2D eigenvalue weighted by Gasteiger charge is -2.12. The summed E-state index contributed by atoms with van der Waals surface area (Å²) in [7, 11) is 0. The van der Waals surface area contributed by atoms with Crippen LogP contribution in [0.25, 0.3) is 0 Å². The Labute approximate surface area is 120 Å². The molecule has 0 aliphatic heterocycles. The molecule has 0 aromatic heterocycles. The first kappa shape index (κ1) is 14.3. The lowest BCUT2D eigenvalue weighted by atomic mass is 10.0. The molecule has 0 atom stereocenters. The van der Waals surface area contributed by atoms with Crippen molar-refractivity contribution >= 4 is 6.29 Å². The van der Waals surface area contributed by atoms with Gasteiger partial charge >= 0.3 is 0 Å². The van der Waals surface area contributed by atoms with Crippen LogP contribution in [0.1, 0.15) is 29.2 Å². The summed E-state index contributed by atoms with van der Waals surface area (Å²) >= 11 is 0. The summed E-state index contributed by atoms with van der Waals surface area (Å²) in [4.78, 5) is 10.7. The van der Waals surface area contributed by atoms with Crippen molar-refractivity contribution in [1.82, 2.24) is 0 Å². The molecule has 0 bridgehead atoms. The normalized spacial score (nSPS) is 10.3. The van der Waals surface area contributed by atoms with Crippen molar-refractivity contribution in [2.24, 2.45) is 0 Å². The predicted octanol–water partition coefficient (Wildman–Crippen LogP) is 4.40. The van der Waals surface area contributed by atoms with Crippen LogP contribution in [0.3, 0.4) is 0 Å². The number of aldehydes is 1. The van der Waals surface area contributed by atoms with Crippen LogP contribution in [-0.2, 0) is 17.6 Å². The molecule has 0 saturated heterocycles. The lowest BCUT2D eigenvalue weighted by Crippen LogP contribution is -1.96. The number of carbonyl (C=O) groups excluding carboxylic acids is 1. The van der Waals surface area contributed by atoms with Crippen LogP contribution in [0.2, 0.25) is 0 Å². The fourth-order valence-corrected chi connectivity index (χ4v) is 2.35. The molecule has 0 N–H and O–H groups in total. The Balaban J connectivity index is 2.22. The van der Waals surface area contributed by atoms with Crippen molar-refractivity contribution in [2.75, 3.05) is 0 Å². The van der Waals surface area contributed by atoms with E-state index in [4.69, 9.17) is 4.74 Å². The topological polar surface area (TPSA) is 26.3 Å². The summed E-state index contributed by atoms with van der Waals surface area (Å²) in [5, 5.41) is 0. The van der Waals surface area contributed by atoms with Gasteiger partial charge in [0.05, 0.1) is 0 Å². The van der Waals surface area contributed by atoms with E-state index in [1.54, 1.807) is 0 Å². The number of benzene rings is 2. The lowest BCUT2D eigenvalue weighted by molar-refractivity contribution is -0.107. The van der Waals surface area contributed by atoms with E-state index in [-0.39, 0.29) is 0 Å². The Bertz CT molecular complexity index is 574. The molecule has 2 nitrogen and oxygen atoms in total. The Hall–Kier alpha value is -2.09. The molecule has 2 aromatic rings. The van der Waals surface area contributed by atoms with Gasteiger partial charge in [0.25, 0.3) is 0 Å². The highest BCUT2D eigenvalue weighted by molar-refractivity contribution is 5.58. The van der Waals surface area contributed by atoms with E-state index in [0.717, 1.165) is 40.9 Å². The first-order chi connectivity index (χ1) is 9.63. The molecule has 0 unspecified atom stereocenters. The molecule has 0 amide bonds. The van der Waals surface area contributed by atoms with Crippen LogP contribution in [0.5, 0.6) is 11.5 Å². The minimum absolute atomic E-state index is 0.461. The van der Waals surface area contributed by atoms with E-state index in [9.17, 15) is 4.79 Å². The number of aryl methyl sites for hydroxylation is 3. The number of hydrogen-bond acceptors (Lipinski definition) is 2. The standard InChI is InChI=1S/C18H20O2/c1-4-15-5-7-16(8-6-15)20-17-11-13(2)18(9-10-19)14(3)12-17/h5-8,10-12H,4,9H2,1-3H3. The van der Waals surface area contributed by atoms with E-state index in [1.165, 1.54) is 5.56 Å². The maximum absolute atomic E-state index is 10.7. The van der Waals surface area contributed by atoms with Crippen LogP contribution in [0.4, 0.5) is 0 Å². The van der Waals surface area contributed by atoms with Crippen LogP contribution in [0, 0.1) is 13.8 Å². The molecule has 0 radical (unpaired) electrons. The third kappa shape index (κ3) is 3.27. The van der Waals surface area contributed by atoms with Gasteiger partial charge < -0.3 is 9.53 Å². The maximum atomic E-state index is 10.7. The monoisotopic (exact) mass is 268 g/mol. The minimum atomic E-state index is 0.461. The number of ether oxygens (including phenoxy) is 1. The summed E-state index contributed by atoms with van der Waals surface area (Å²) in [6, 6.07) is 12.1. The molecule has 0 saturated carbocycles. The Morgan fingerprint density at radius 1 is 1.00 bits per heavy atom. The van der Waals surface area contributed by atoms with Crippen molar-refractivity contribution in [3.05, 3.63) is 58.7 Å². The van der Waals surface area contributed by atoms with Gasteiger partial charge in [-0.2, -0.15) is 0 Å². The molecule has 20 heavy (non-hydrogen) atoms. The molecule has 0 aliphatic carbocycles. The van der Waals surface area contributed by atoms with Crippen molar-refractivity contribution < 1.29 is 9.53 Å². The zero-order chi connectivity index (χ0) is 14.5. The summed E-state index contributed by atoms with van der Waals surface area (Å²) in [5.41, 5.74) is 4.58. The molecule has 0 fully saturated rings. The molecule has 0 heterocycles. The molecular weight excluding hydrogens is 248 g/mol. The predicted molar refractivity (Wildman–Crippen MR) is 81.6 cm³/mol. The SMILES string of the molecule is CCc1ccc(Oc2cc(C)c(CC=O)c(C)c2)cc1. The van der Waals surface area contributed by atoms with E-state index >= 15 is 0 Å². The van der Waals surface area contributed by atoms with Gasteiger partial charge in [-0.15, -0.1) is 0 Å². The fourth-order valence-electron chi connectivity index (χ4n) is 2.35. The van der Waals surface area contributed by atoms with E-state index < -0.39 is 0 Å². The Kier molecular flexibility index (Phi) is 4.57. The first-order valence-corrected chi connectivity index (χ1v) is 6.94. The molecule has 0 spiro atoms. The first-order valence-electron chi connectivity index (χ1n) is 6.94. The molecule has 0 aliphatic rings. The third-order valence-electron chi connectivity index (χ3n) is 3.52. The number of rotatable bonds is 5. The van der Waals surface area contributed by atoms with Gasteiger partial charge in [-0.3, -0.25) is 0 Å². The average molecular weight is 268 g/mol. The van der Waals surface area contributed by atoms with E-state index in [2.05, 4.69) is 19.1 Å². The van der Waals surface area contributed by atoms with E-state index in [1.807, 2.05) is 38.1 Å². The summed E-state index contributed by atoms with van der Waals surface area (Å²) < 4.78 is 5.88. The van der Waals surface area contributed by atoms with Crippen molar-refractivity contribution in [2.45, 2.75) is 33.6 Å². The summed E-state index contributed by atoms with van der Waals surface area (Å²) in [6.45, 7) is 6.16. The van der Waals surface area contributed by atoms with Gasteiger partial charge in [0.15, 0.2) is 0 Å². The molecule has 104 valence electrons. The van der Waals surface area contributed by atoms with Gasteiger partial charge in [0, 0.05) is 6.42 Å². The maximum Gasteiger partial charge on any atom is 0.127 e. The smallest absolute Gasteiger partial charge is 0.127 e. The second kappa shape index (κ2) is 6.38.